The lowest BCUT2D eigenvalue weighted by molar-refractivity contribution is 0.469. The zero-order chi connectivity index (χ0) is 6.69. The molecule has 1 rings (SSSR count). The first-order chi connectivity index (χ1) is 4.29. The van der Waals surface area contributed by atoms with Crippen LogP contribution in [0.15, 0.2) is 0 Å². The number of rotatable bonds is 0. The van der Waals surface area contributed by atoms with Crippen LogP contribution in [0.2, 0.25) is 0 Å². The number of hydrogen-bond acceptors (Lipinski definition) is 1. The third-order valence-electron chi connectivity index (χ3n) is 2.23. The molecule has 1 aliphatic carbocycles. The highest BCUT2D eigenvalue weighted by atomic mass is 14.6. The maximum Gasteiger partial charge on any atom is 0.00413 e. The Balaban J connectivity index is 2.29. The van der Waals surface area contributed by atoms with Gasteiger partial charge in [0.15, 0.2) is 0 Å². The van der Waals surface area contributed by atoms with Crippen molar-refractivity contribution in [2.45, 2.75) is 45.1 Å². The summed E-state index contributed by atoms with van der Waals surface area (Å²) in [6, 6.07) is 0.502. The molecule has 1 nitrogen and oxygen atoms in total. The van der Waals surface area contributed by atoms with Gasteiger partial charge in [0.05, 0.1) is 0 Å². The first-order valence-corrected chi connectivity index (χ1v) is 4.04. The average Bonchev–Trinajstić information content (AvgIpc) is 1.93. The Kier molecular flexibility index (Phi) is 2.52. The van der Waals surface area contributed by atoms with Crippen LogP contribution in [0, 0.1) is 5.92 Å². The van der Waals surface area contributed by atoms with Crippen LogP contribution in [-0.4, -0.2) is 6.04 Å². The molecule has 0 radical (unpaired) electrons. The highest BCUT2D eigenvalue weighted by Gasteiger charge is 2.12. The Morgan fingerprint density at radius 2 is 1.89 bits per heavy atom. The largest absolute Gasteiger partial charge is 0.328 e. The van der Waals surface area contributed by atoms with Crippen LogP contribution >= 0.6 is 0 Å². The Morgan fingerprint density at radius 1 is 1.22 bits per heavy atom. The van der Waals surface area contributed by atoms with Crippen molar-refractivity contribution in [3.05, 3.63) is 0 Å². The van der Waals surface area contributed by atoms with Crippen LogP contribution in [0.5, 0.6) is 0 Å². The molecule has 54 valence electrons. The predicted molar refractivity (Wildman–Crippen MR) is 40.2 cm³/mol. The van der Waals surface area contributed by atoms with Gasteiger partial charge in [-0.2, -0.15) is 0 Å². The van der Waals surface area contributed by atoms with Crippen molar-refractivity contribution >= 4 is 0 Å². The Labute approximate surface area is 57.6 Å². The van der Waals surface area contributed by atoms with Gasteiger partial charge in [-0.05, 0) is 18.8 Å². The van der Waals surface area contributed by atoms with Crippen LogP contribution in [0.1, 0.15) is 39.0 Å². The molecule has 9 heavy (non-hydrogen) atoms. The molecular formula is C8H17N. The molecule has 1 aliphatic rings. The van der Waals surface area contributed by atoms with Gasteiger partial charge in [-0.15, -0.1) is 0 Å². The molecule has 1 fully saturated rings. The van der Waals surface area contributed by atoms with Gasteiger partial charge in [0, 0.05) is 6.04 Å². The summed E-state index contributed by atoms with van der Waals surface area (Å²) in [6.07, 6.45) is 6.65. The second kappa shape index (κ2) is 3.21. The average molecular weight is 127 g/mol. The van der Waals surface area contributed by atoms with E-state index < -0.39 is 0 Å². The SMILES string of the molecule is C[C@@H]1CCCC[C@H](N)C1. The summed E-state index contributed by atoms with van der Waals surface area (Å²) in [5.41, 5.74) is 5.83. The minimum absolute atomic E-state index is 0.502. The second-order valence-corrected chi connectivity index (χ2v) is 3.39. The van der Waals surface area contributed by atoms with E-state index in [1.165, 1.54) is 32.1 Å². The van der Waals surface area contributed by atoms with Gasteiger partial charge in [-0.25, -0.2) is 0 Å². The van der Waals surface area contributed by atoms with E-state index in [0.717, 1.165) is 5.92 Å². The quantitative estimate of drug-likeness (QED) is 0.494. The summed E-state index contributed by atoms with van der Waals surface area (Å²) in [4.78, 5) is 0. The normalized spacial score (nSPS) is 38.0. The molecule has 0 aromatic carbocycles. The molecule has 0 saturated heterocycles. The summed E-state index contributed by atoms with van der Waals surface area (Å²) in [5, 5.41) is 0. The van der Waals surface area contributed by atoms with Gasteiger partial charge in [-0.1, -0.05) is 26.2 Å². The minimum Gasteiger partial charge on any atom is -0.328 e. The highest BCUT2D eigenvalue weighted by molar-refractivity contribution is 4.69. The van der Waals surface area contributed by atoms with E-state index in [1.54, 1.807) is 0 Å². The summed E-state index contributed by atoms with van der Waals surface area (Å²) >= 11 is 0. The predicted octanol–water partition coefficient (Wildman–Crippen LogP) is 1.91. The van der Waals surface area contributed by atoms with E-state index in [1.807, 2.05) is 0 Å². The number of nitrogens with two attached hydrogens (primary N) is 1. The van der Waals surface area contributed by atoms with Gasteiger partial charge in [0.2, 0.25) is 0 Å². The molecule has 0 spiro atoms. The van der Waals surface area contributed by atoms with Crippen LogP contribution in [-0.2, 0) is 0 Å². The zero-order valence-electron chi connectivity index (χ0n) is 6.27. The van der Waals surface area contributed by atoms with Crippen molar-refractivity contribution in [3.63, 3.8) is 0 Å². The molecule has 0 amide bonds. The number of hydrogen-bond donors (Lipinski definition) is 1. The fourth-order valence-corrected chi connectivity index (χ4v) is 1.65. The monoisotopic (exact) mass is 127 g/mol. The van der Waals surface area contributed by atoms with Crippen LogP contribution < -0.4 is 5.73 Å². The molecule has 2 N–H and O–H groups in total. The van der Waals surface area contributed by atoms with E-state index in [0.29, 0.717) is 6.04 Å². The Bertz CT molecular complexity index is 70.6. The molecular weight excluding hydrogens is 110 g/mol. The van der Waals surface area contributed by atoms with E-state index >= 15 is 0 Å². The van der Waals surface area contributed by atoms with Crippen molar-refractivity contribution in [1.29, 1.82) is 0 Å². The van der Waals surface area contributed by atoms with Gasteiger partial charge in [0.1, 0.15) is 0 Å². The molecule has 1 heteroatoms. The molecule has 0 bridgehead atoms. The van der Waals surface area contributed by atoms with Gasteiger partial charge in [-0.3, -0.25) is 0 Å². The summed E-state index contributed by atoms with van der Waals surface area (Å²) in [7, 11) is 0. The fourth-order valence-electron chi connectivity index (χ4n) is 1.65. The topological polar surface area (TPSA) is 26.0 Å². The van der Waals surface area contributed by atoms with E-state index in [-0.39, 0.29) is 0 Å². The first kappa shape index (κ1) is 7.07. The lowest BCUT2D eigenvalue weighted by Crippen LogP contribution is -2.20. The minimum atomic E-state index is 0.502. The van der Waals surface area contributed by atoms with Gasteiger partial charge in [0.25, 0.3) is 0 Å². The lowest BCUT2D eigenvalue weighted by Gasteiger charge is -2.10. The summed E-state index contributed by atoms with van der Waals surface area (Å²) < 4.78 is 0. The fraction of sp³-hybridized carbons (Fsp3) is 1.00. The maximum atomic E-state index is 5.83. The standard InChI is InChI=1S/C8H17N/c1-7-4-2-3-5-8(9)6-7/h7-8H,2-6,9H2,1H3/t7-,8+/m1/s1. The van der Waals surface area contributed by atoms with Crippen molar-refractivity contribution in [2.75, 3.05) is 0 Å². The third kappa shape index (κ3) is 2.35. The highest BCUT2D eigenvalue weighted by Crippen LogP contribution is 2.20. The summed E-state index contributed by atoms with van der Waals surface area (Å²) in [5.74, 6) is 0.877. The van der Waals surface area contributed by atoms with Gasteiger partial charge < -0.3 is 5.73 Å². The van der Waals surface area contributed by atoms with Crippen molar-refractivity contribution in [2.24, 2.45) is 11.7 Å². The molecule has 0 aromatic rings. The molecule has 2 atom stereocenters. The van der Waals surface area contributed by atoms with E-state index in [2.05, 4.69) is 6.92 Å². The molecule has 0 heterocycles. The van der Waals surface area contributed by atoms with Crippen molar-refractivity contribution in [3.8, 4) is 0 Å². The van der Waals surface area contributed by atoms with Gasteiger partial charge >= 0.3 is 0 Å². The van der Waals surface area contributed by atoms with Crippen LogP contribution in [0.4, 0.5) is 0 Å². The maximum absolute atomic E-state index is 5.83. The lowest BCUT2D eigenvalue weighted by atomic mass is 10.0. The van der Waals surface area contributed by atoms with Crippen LogP contribution in [0.25, 0.3) is 0 Å². The summed E-state index contributed by atoms with van der Waals surface area (Å²) in [6.45, 7) is 2.31. The molecule has 1 saturated carbocycles. The first-order valence-electron chi connectivity index (χ1n) is 4.04. The molecule has 0 aliphatic heterocycles. The van der Waals surface area contributed by atoms with Crippen molar-refractivity contribution < 1.29 is 0 Å². The molecule has 0 aromatic heterocycles. The van der Waals surface area contributed by atoms with E-state index in [9.17, 15) is 0 Å². The molecule has 0 unspecified atom stereocenters. The zero-order valence-corrected chi connectivity index (χ0v) is 6.27. The smallest absolute Gasteiger partial charge is 0.00413 e. The van der Waals surface area contributed by atoms with E-state index in [4.69, 9.17) is 5.73 Å². The van der Waals surface area contributed by atoms with Crippen LogP contribution in [0.3, 0.4) is 0 Å². The van der Waals surface area contributed by atoms with Crippen molar-refractivity contribution in [1.82, 2.24) is 0 Å². The Morgan fingerprint density at radius 3 is 2.67 bits per heavy atom. The second-order valence-electron chi connectivity index (χ2n) is 3.39. The third-order valence-corrected chi connectivity index (χ3v) is 2.23. The Hall–Kier alpha value is -0.0400.